The molecule has 28 heavy (non-hydrogen) atoms. The molecule has 1 aliphatic heterocycles. The Labute approximate surface area is 163 Å². The van der Waals surface area contributed by atoms with Crippen LogP contribution in [-0.2, 0) is 9.59 Å². The molecule has 0 radical (unpaired) electrons. The summed E-state index contributed by atoms with van der Waals surface area (Å²) in [5, 5.41) is 10.3. The van der Waals surface area contributed by atoms with E-state index in [0.717, 1.165) is 25.7 Å². The fraction of sp³-hybridized carbons (Fsp3) is 0.600. The van der Waals surface area contributed by atoms with Crippen LogP contribution in [0, 0.1) is 11.8 Å². The van der Waals surface area contributed by atoms with E-state index >= 15 is 0 Å². The van der Waals surface area contributed by atoms with Gasteiger partial charge in [-0.2, -0.15) is 4.98 Å². The van der Waals surface area contributed by atoms with Crippen molar-refractivity contribution in [1.29, 1.82) is 0 Å². The quantitative estimate of drug-likeness (QED) is 0.446. The van der Waals surface area contributed by atoms with Crippen molar-refractivity contribution in [2.24, 2.45) is 11.8 Å². The first-order valence-corrected chi connectivity index (χ1v) is 10.1. The highest BCUT2D eigenvalue weighted by Crippen LogP contribution is 2.36. The Morgan fingerprint density at radius 2 is 2.18 bits per heavy atom. The van der Waals surface area contributed by atoms with Crippen LogP contribution in [0.2, 0.25) is 0 Å². The molecule has 1 aliphatic carbocycles. The molecule has 150 valence electrons. The molecule has 1 unspecified atom stereocenters. The molecule has 2 aromatic rings. The van der Waals surface area contributed by atoms with Crippen LogP contribution in [0.15, 0.2) is 22.7 Å². The molecule has 8 nitrogen and oxygen atoms in total. The molecular weight excluding hydrogens is 360 g/mol. The number of nitrogens with zero attached hydrogens (tertiary/aromatic N) is 4. The van der Waals surface area contributed by atoms with Crippen LogP contribution >= 0.6 is 0 Å². The van der Waals surface area contributed by atoms with Crippen molar-refractivity contribution >= 4 is 23.5 Å². The maximum absolute atomic E-state index is 13.4. The molecule has 2 aliphatic rings. The molecular formula is C20H26N4O4. The third kappa shape index (κ3) is 3.87. The summed E-state index contributed by atoms with van der Waals surface area (Å²) in [6.45, 7) is 0.653. The van der Waals surface area contributed by atoms with E-state index in [2.05, 4.69) is 9.97 Å². The minimum absolute atomic E-state index is 0.0250. The van der Waals surface area contributed by atoms with E-state index < -0.39 is 5.92 Å². The van der Waals surface area contributed by atoms with Crippen molar-refractivity contribution in [3.8, 4) is 0 Å². The van der Waals surface area contributed by atoms with Gasteiger partial charge in [-0.05, 0) is 37.3 Å². The van der Waals surface area contributed by atoms with Crippen molar-refractivity contribution in [3.63, 3.8) is 0 Å². The largest absolute Gasteiger partial charge is 0.437 e. The third-order valence-corrected chi connectivity index (χ3v) is 5.97. The van der Waals surface area contributed by atoms with Crippen LogP contribution < -0.4 is 0 Å². The van der Waals surface area contributed by atoms with Gasteiger partial charge in [-0.25, -0.2) is 10.0 Å². The van der Waals surface area contributed by atoms with Crippen molar-refractivity contribution in [2.75, 3.05) is 13.1 Å². The van der Waals surface area contributed by atoms with E-state index in [1.807, 2.05) is 11.0 Å². The zero-order chi connectivity index (χ0) is 19.5. The summed E-state index contributed by atoms with van der Waals surface area (Å²) in [5.74, 6) is 0.533. The molecule has 0 aromatic carbocycles. The predicted molar refractivity (Wildman–Crippen MR) is 100 cm³/mol. The standard InChI is InChI=1S/C20H26N4O4/c25-13-23(27)12-15(11-14-5-1-2-6-14)20(26)24-10-4-7-16(24)19-22-18-17(28-19)8-3-9-21-18/h3,8-9,13-16,27H,1-2,4-7,10-12H2/t15?,16-/m0/s1. The summed E-state index contributed by atoms with van der Waals surface area (Å²) < 4.78 is 5.86. The highest BCUT2D eigenvalue weighted by molar-refractivity contribution is 5.80. The fourth-order valence-corrected chi connectivity index (χ4v) is 4.62. The summed E-state index contributed by atoms with van der Waals surface area (Å²) in [5.41, 5.74) is 1.16. The Morgan fingerprint density at radius 3 is 2.93 bits per heavy atom. The van der Waals surface area contributed by atoms with Crippen LogP contribution in [0.25, 0.3) is 11.2 Å². The smallest absolute Gasteiger partial charge is 0.233 e. The number of carbonyl (C=O) groups is 2. The number of fused-ring (bicyclic) bond motifs is 1. The number of hydrogen-bond donors (Lipinski definition) is 1. The molecule has 8 heteroatoms. The highest BCUT2D eigenvalue weighted by Gasteiger charge is 2.38. The Bertz CT molecular complexity index is 799. The van der Waals surface area contributed by atoms with Crippen LogP contribution in [-0.4, -0.2) is 50.5 Å². The van der Waals surface area contributed by atoms with Gasteiger partial charge in [0.25, 0.3) is 0 Å². The molecule has 0 spiro atoms. The highest BCUT2D eigenvalue weighted by atomic mass is 16.5. The fourth-order valence-electron chi connectivity index (χ4n) is 4.62. The van der Waals surface area contributed by atoms with E-state index in [1.165, 1.54) is 12.8 Å². The van der Waals surface area contributed by atoms with Crippen LogP contribution in [0.4, 0.5) is 0 Å². The van der Waals surface area contributed by atoms with Gasteiger partial charge >= 0.3 is 0 Å². The van der Waals surface area contributed by atoms with E-state index in [1.54, 1.807) is 12.3 Å². The summed E-state index contributed by atoms with van der Waals surface area (Å²) in [4.78, 5) is 34.8. The summed E-state index contributed by atoms with van der Waals surface area (Å²) in [6.07, 6.45) is 8.96. The lowest BCUT2D eigenvalue weighted by Gasteiger charge is -2.29. The predicted octanol–water partition coefficient (Wildman–Crippen LogP) is 2.93. The Hall–Kier alpha value is -2.48. The van der Waals surface area contributed by atoms with Gasteiger partial charge in [0.05, 0.1) is 12.5 Å². The second-order valence-corrected chi connectivity index (χ2v) is 7.88. The van der Waals surface area contributed by atoms with E-state index in [4.69, 9.17) is 4.42 Å². The zero-order valence-electron chi connectivity index (χ0n) is 15.9. The molecule has 2 fully saturated rings. The number of oxazole rings is 1. The number of carbonyl (C=O) groups excluding carboxylic acids is 2. The van der Waals surface area contributed by atoms with Gasteiger partial charge in [0, 0.05) is 12.7 Å². The number of likely N-dealkylation sites (tertiary alicyclic amines) is 1. The van der Waals surface area contributed by atoms with Gasteiger partial charge in [-0.3, -0.25) is 14.8 Å². The lowest BCUT2D eigenvalue weighted by molar-refractivity contribution is -0.157. The maximum Gasteiger partial charge on any atom is 0.233 e. The van der Waals surface area contributed by atoms with E-state index in [-0.39, 0.29) is 18.5 Å². The van der Waals surface area contributed by atoms with Gasteiger partial charge < -0.3 is 9.32 Å². The van der Waals surface area contributed by atoms with E-state index in [0.29, 0.717) is 47.5 Å². The third-order valence-electron chi connectivity index (χ3n) is 5.97. The zero-order valence-corrected chi connectivity index (χ0v) is 15.9. The molecule has 2 aromatic heterocycles. The average molecular weight is 386 g/mol. The van der Waals surface area contributed by atoms with Gasteiger partial charge in [0.1, 0.15) is 6.04 Å². The second-order valence-electron chi connectivity index (χ2n) is 7.88. The van der Waals surface area contributed by atoms with Gasteiger partial charge in [0.2, 0.25) is 18.2 Å². The Kier molecular flexibility index (Phi) is 5.57. The molecule has 1 N–H and O–H groups in total. The maximum atomic E-state index is 13.4. The van der Waals surface area contributed by atoms with Gasteiger partial charge in [-0.15, -0.1) is 0 Å². The number of hydrogen-bond acceptors (Lipinski definition) is 6. The molecule has 1 saturated heterocycles. The number of amides is 2. The van der Waals surface area contributed by atoms with Crippen LogP contribution in [0.3, 0.4) is 0 Å². The normalized spacial score (nSPS) is 21.3. The topological polar surface area (TPSA) is 99.8 Å². The van der Waals surface area contributed by atoms with Crippen LogP contribution in [0.1, 0.15) is 56.9 Å². The molecule has 1 saturated carbocycles. The minimum atomic E-state index is -0.415. The summed E-state index contributed by atoms with van der Waals surface area (Å²) in [7, 11) is 0. The number of aromatic nitrogens is 2. The first-order chi connectivity index (χ1) is 13.7. The Morgan fingerprint density at radius 1 is 1.36 bits per heavy atom. The lowest BCUT2D eigenvalue weighted by Crippen LogP contribution is -2.41. The van der Waals surface area contributed by atoms with Crippen LogP contribution in [0.5, 0.6) is 0 Å². The van der Waals surface area contributed by atoms with Crippen molar-refractivity contribution < 1.29 is 19.2 Å². The lowest BCUT2D eigenvalue weighted by atomic mass is 9.91. The number of hydroxylamine groups is 2. The average Bonchev–Trinajstić information content (AvgIpc) is 3.45. The van der Waals surface area contributed by atoms with E-state index in [9.17, 15) is 14.8 Å². The van der Waals surface area contributed by atoms with Crippen molar-refractivity contribution in [3.05, 3.63) is 24.2 Å². The first-order valence-electron chi connectivity index (χ1n) is 10.1. The SMILES string of the molecule is O=CN(O)CC(CC1CCCC1)C(=O)N1CCC[C@H]1c1nc2ncccc2o1. The van der Waals surface area contributed by atoms with Crippen molar-refractivity contribution in [2.45, 2.75) is 51.0 Å². The molecule has 0 bridgehead atoms. The molecule has 2 atom stereocenters. The Balaban J connectivity index is 1.54. The first kappa shape index (κ1) is 18.9. The molecule has 2 amide bonds. The van der Waals surface area contributed by atoms with Gasteiger partial charge in [-0.1, -0.05) is 25.7 Å². The number of pyridine rings is 1. The molecule has 4 rings (SSSR count). The summed E-state index contributed by atoms with van der Waals surface area (Å²) in [6, 6.07) is 3.38. The molecule has 3 heterocycles. The van der Waals surface area contributed by atoms with Crippen molar-refractivity contribution in [1.82, 2.24) is 19.9 Å². The summed E-state index contributed by atoms with van der Waals surface area (Å²) >= 11 is 0. The second kappa shape index (κ2) is 8.26. The monoisotopic (exact) mass is 386 g/mol. The number of rotatable bonds is 7. The minimum Gasteiger partial charge on any atom is -0.437 e. The van der Waals surface area contributed by atoms with Gasteiger partial charge in [0.15, 0.2) is 11.2 Å².